The lowest BCUT2D eigenvalue weighted by molar-refractivity contribution is 0.0912. The van der Waals surface area contributed by atoms with Gasteiger partial charge in [-0.05, 0) is 30.7 Å². The first-order chi connectivity index (χ1) is 11.1. The van der Waals surface area contributed by atoms with Crippen LogP contribution in [0.3, 0.4) is 0 Å². The average molecular weight is 330 g/mol. The molecule has 2 aromatic heterocycles. The smallest absolute Gasteiger partial charge is 0.288 e. The topological polar surface area (TPSA) is 60.1 Å². The van der Waals surface area contributed by atoms with Crippen molar-refractivity contribution < 1.29 is 9.21 Å². The molecule has 0 radical (unpaired) electrons. The van der Waals surface area contributed by atoms with Crippen LogP contribution in [0, 0.1) is 6.92 Å². The van der Waals surface area contributed by atoms with E-state index in [1.54, 1.807) is 24.4 Å². The number of imidazole rings is 1. The predicted molar refractivity (Wildman–Crippen MR) is 87.4 cm³/mol. The van der Waals surface area contributed by atoms with Gasteiger partial charge in [0.15, 0.2) is 5.76 Å². The molecule has 0 fully saturated rings. The quantitative estimate of drug-likeness (QED) is 0.797. The van der Waals surface area contributed by atoms with E-state index < -0.39 is 6.04 Å². The molecular formula is C17H16ClN3O2. The van der Waals surface area contributed by atoms with Crippen molar-refractivity contribution in [3.63, 3.8) is 0 Å². The zero-order valence-corrected chi connectivity index (χ0v) is 13.5. The summed E-state index contributed by atoms with van der Waals surface area (Å²) in [6.45, 7) is 1.83. The number of hydrogen-bond acceptors (Lipinski definition) is 3. The Morgan fingerprint density at radius 1 is 1.30 bits per heavy atom. The Balaban J connectivity index is 1.96. The third-order valence-corrected chi connectivity index (χ3v) is 3.92. The molecule has 0 aliphatic carbocycles. The molecule has 0 aliphatic rings. The molecule has 118 valence electrons. The molecule has 1 amide bonds. The predicted octanol–water partition coefficient (Wildman–Crippen LogP) is 3.49. The fourth-order valence-corrected chi connectivity index (χ4v) is 2.54. The SMILES string of the molecule is Cc1ccoc1C(=O)N[C@@H](c1ccc(Cl)cc1)c1nccn1C. The molecule has 0 aliphatic heterocycles. The number of carbonyl (C=O) groups excluding carboxylic acids is 1. The standard InChI is InChI=1S/C17H16ClN3O2/c1-11-7-10-23-15(11)17(22)20-14(16-19-8-9-21(16)2)12-3-5-13(18)6-4-12/h3-10,14H,1-2H3,(H,20,22)/t14-/m0/s1. The summed E-state index contributed by atoms with van der Waals surface area (Å²) in [4.78, 5) is 16.9. The fraction of sp³-hybridized carbons (Fsp3) is 0.176. The van der Waals surface area contributed by atoms with Crippen molar-refractivity contribution in [2.45, 2.75) is 13.0 Å². The third-order valence-electron chi connectivity index (χ3n) is 3.66. The third kappa shape index (κ3) is 3.14. The lowest BCUT2D eigenvalue weighted by atomic mass is 10.1. The summed E-state index contributed by atoms with van der Waals surface area (Å²) in [5.74, 6) is 0.749. The number of rotatable bonds is 4. The van der Waals surface area contributed by atoms with Crippen LogP contribution in [-0.4, -0.2) is 15.5 Å². The molecule has 1 N–H and O–H groups in total. The van der Waals surface area contributed by atoms with Crippen LogP contribution in [0.5, 0.6) is 0 Å². The normalized spacial score (nSPS) is 12.1. The second kappa shape index (κ2) is 6.30. The Hall–Kier alpha value is -2.53. The van der Waals surface area contributed by atoms with Gasteiger partial charge in [0, 0.05) is 30.0 Å². The summed E-state index contributed by atoms with van der Waals surface area (Å²) in [6.07, 6.45) is 5.04. The van der Waals surface area contributed by atoms with E-state index in [9.17, 15) is 4.79 Å². The van der Waals surface area contributed by atoms with Gasteiger partial charge in [0.1, 0.15) is 11.9 Å². The summed E-state index contributed by atoms with van der Waals surface area (Å²) >= 11 is 5.96. The van der Waals surface area contributed by atoms with Crippen LogP contribution in [0.25, 0.3) is 0 Å². The average Bonchev–Trinajstić information content (AvgIpc) is 3.14. The van der Waals surface area contributed by atoms with Crippen LogP contribution in [0.2, 0.25) is 5.02 Å². The Morgan fingerprint density at radius 3 is 2.61 bits per heavy atom. The Bertz CT molecular complexity index is 820. The zero-order valence-electron chi connectivity index (χ0n) is 12.8. The summed E-state index contributed by atoms with van der Waals surface area (Å²) in [5.41, 5.74) is 1.68. The maximum Gasteiger partial charge on any atom is 0.288 e. The highest BCUT2D eigenvalue weighted by atomic mass is 35.5. The van der Waals surface area contributed by atoms with Crippen molar-refractivity contribution in [2.24, 2.45) is 7.05 Å². The lowest BCUT2D eigenvalue weighted by Gasteiger charge is -2.19. The first-order valence-electron chi connectivity index (χ1n) is 7.14. The summed E-state index contributed by atoms with van der Waals surface area (Å²) in [6, 6.07) is 8.68. The number of benzene rings is 1. The molecule has 0 saturated carbocycles. The molecule has 0 spiro atoms. The van der Waals surface area contributed by atoms with E-state index in [-0.39, 0.29) is 5.91 Å². The number of nitrogens with one attached hydrogen (secondary N) is 1. The van der Waals surface area contributed by atoms with E-state index in [1.165, 1.54) is 6.26 Å². The minimum atomic E-state index is -0.399. The van der Waals surface area contributed by atoms with Gasteiger partial charge in [0.25, 0.3) is 5.91 Å². The zero-order chi connectivity index (χ0) is 16.4. The van der Waals surface area contributed by atoms with Crippen molar-refractivity contribution in [2.75, 3.05) is 0 Å². The number of furan rings is 1. The Morgan fingerprint density at radius 2 is 2.04 bits per heavy atom. The molecular weight excluding hydrogens is 314 g/mol. The Labute approximate surface area is 138 Å². The molecule has 0 saturated heterocycles. The highest BCUT2D eigenvalue weighted by molar-refractivity contribution is 6.30. The highest BCUT2D eigenvalue weighted by Crippen LogP contribution is 2.23. The molecule has 2 heterocycles. The molecule has 3 aromatic rings. The number of halogens is 1. The summed E-state index contributed by atoms with van der Waals surface area (Å²) in [5, 5.41) is 3.62. The van der Waals surface area contributed by atoms with Crippen LogP contribution in [0.1, 0.15) is 33.5 Å². The van der Waals surface area contributed by atoms with Crippen LogP contribution in [-0.2, 0) is 7.05 Å². The van der Waals surface area contributed by atoms with Gasteiger partial charge in [0.05, 0.1) is 6.26 Å². The molecule has 5 nitrogen and oxygen atoms in total. The minimum absolute atomic E-state index is 0.282. The van der Waals surface area contributed by atoms with Crippen LogP contribution >= 0.6 is 11.6 Å². The number of carbonyl (C=O) groups is 1. The number of aromatic nitrogens is 2. The monoisotopic (exact) mass is 329 g/mol. The van der Waals surface area contributed by atoms with Gasteiger partial charge in [-0.25, -0.2) is 4.98 Å². The van der Waals surface area contributed by atoms with Crippen molar-refractivity contribution >= 4 is 17.5 Å². The number of nitrogens with zero attached hydrogens (tertiary/aromatic N) is 2. The van der Waals surface area contributed by atoms with E-state index in [0.29, 0.717) is 10.8 Å². The van der Waals surface area contributed by atoms with E-state index in [4.69, 9.17) is 16.0 Å². The van der Waals surface area contributed by atoms with Crippen LogP contribution in [0.15, 0.2) is 53.4 Å². The first kappa shape index (κ1) is 15.4. The maximum absolute atomic E-state index is 12.5. The first-order valence-corrected chi connectivity index (χ1v) is 7.51. The minimum Gasteiger partial charge on any atom is -0.459 e. The second-order valence-electron chi connectivity index (χ2n) is 5.29. The van der Waals surface area contributed by atoms with Crippen molar-refractivity contribution in [1.82, 2.24) is 14.9 Å². The Kier molecular flexibility index (Phi) is 4.21. The van der Waals surface area contributed by atoms with Gasteiger partial charge in [-0.1, -0.05) is 23.7 Å². The van der Waals surface area contributed by atoms with Gasteiger partial charge in [0.2, 0.25) is 0 Å². The molecule has 0 bridgehead atoms. The second-order valence-corrected chi connectivity index (χ2v) is 5.72. The molecule has 3 rings (SSSR count). The van der Waals surface area contributed by atoms with E-state index in [1.807, 2.05) is 36.9 Å². The van der Waals surface area contributed by atoms with Gasteiger partial charge in [-0.15, -0.1) is 0 Å². The number of hydrogen-bond donors (Lipinski definition) is 1. The molecule has 1 aromatic carbocycles. The van der Waals surface area contributed by atoms with E-state index in [2.05, 4.69) is 10.3 Å². The van der Waals surface area contributed by atoms with Crippen LogP contribution < -0.4 is 5.32 Å². The largest absolute Gasteiger partial charge is 0.459 e. The highest BCUT2D eigenvalue weighted by Gasteiger charge is 2.23. The van der Waals surface area contributed by atoms with Crippen molar-refractivity contribution in [3.05, 3.63) is 76.7 Å². The van der Waals surface area contributed by atoms with Crippen molar-refractivity contribution in [1.29, 1.82) is 0 Å². The summed E-state index contributed by atoms with van der Waals surface area (Å²) < 4.78 is 7.14. The molecule has 1 atom stereocenters. The molecule has 23 heavy (non-hydrogen) atoms. The van der Waals surface area contributed by atoms with Crippen LogP contribution in [0.4, 0.5) is 0 Å². The van der Waals surface area contributed by atoms with E-state index in [0.717, 1.165) is 17.0 Å². The van der Waals surface area contributed by atoms with E-state index >= 15 is 0 Å². The fourth-order valence-electron chi connectivity index (χ4n) is 2.41. The van der Waals surface area contributed by atoms with Gasteiger partial charge >= 0.3 is 0 Å². The molecule has 0 unspecified atom stereocenters. The van der Waals surface area contributed by atoms with Gasteiger partial charge in [-0.2, -0.15) is 0 Å². The summed E-state index contributed by atoms with van der Waals surface area (Å²) in [7, 11) is 1.88. The molecule has 6 heteroatoms. The van der Waals surface area contributed by atoms with Gasteiger partial charge in [-0.3, -0.25) is 4.79 Å². The maximum atomic E-state index is 12.5. The van der Waals surface area contributed by atoms with Gasteiger partial charge < -0.3 is 14.3 Å². The number of aryl methyl sites for hydroxylation is 2. The van der Waals surface area contributed by atoms with Crippen molar-refractivity contribution in [3.8, 4) is 0 Å². The lowest BCUT2D eigenvalue weighted by Crippen LogP contribution is -2.31. The number of amides is 1.